The van der Waals surface area contributed by atoms with Crippen LogP contribution in [0.3, 0.4) is 0 Å². The molecule has 0 radical (unpaired) electrons. The van der Waals surface area contributed by atoms with E-state index in [1.54, 1.807) is 31.2 Å². The van der Waals surface area contributed by atoms with Crippen molar-refractivity contribution >= 4 is 27.1 Å². The van der Waals surface area contributed by atoms with Crippen LogP contribution in [0.1, 0.15) is 46.8 Å². The summed E-state index contributed by atoms with van der Waals surface area (Å²) in [5, 5.41) is 4.86. The lowest BCUT2D eigenvalue weighted by Crippen LogP contribution is -2.27. The maximum Gasteiger partial charge on any atom is 0.253 e. The van der Waals surface area contributed by atoms with Crippen molar-refractivity contribution in [2.75, 3.05) is 13.1 Å². The first-order valence-electron chi connectivity index (χ1n) is 9.41. The molecule has 1 aliphatic heterocycles. The number of amides is 1. The van der Waals surface area contributed by atoms with Crippen molar-refractivity contribution in [2.45, 2.75) is 30.8 Å². The molecule has 1 atom stereocenters. The number of benzene rings is 1. The van der Waals surface area contributed by atoms with Gasteiger partial charge in [0, 0.05) is 18.7 Å². The van der Waals surface area contributed by atoms with Gasteiger partial charge in [-0.15, -0.1) is 11.3 Å². The Bertz CT molecular complexity index is 1080. The van der Waals surface area contributed by atoms with Crippen molar-refractivity contribution in [3.05, 3.63) is 58.8 Å². The van der Waals surface area contributed by atoms with Gasteiger partial charge in [0.15, 0.2) is 9.84 Å². The van der Waals surface area contributed by atoms with E-state index in [2.05, 4.69) is 10.1 Å². The molecule has 152 valence electrons. The second kappa shape index (κ2) is 8.08. The van der Waals surface area contributed by atoms with Crippen molar-refractivity contribution in [1.82, 2.24) is 15.0 Å². The fourth-order valence-corrected chi connectivity index (χ4v) is 5.22. The van der Waals surface area contributed by atoms with E-state index in [4.69, 9.17) is 4.52 Å². The molecule has 0 saturated carbocycles. The average molecular weight is 432 g/mol. The Morgan fingerprint density at radius 2 is 1.93 bits per heavy atom. The van der Waals surface area contributed by atoms with Crippen LogP contribution in [0.5, 0.6) is 0 Å². The zero-order valence-electron chi connectivity index (χ0n) is 15.9. The lowest BCUT2D eigenvalue weighted by Gasteiger charge is -2.15. The van der Waals surface area contributed by atoms with Crippen LogP contribution in [-0.2, 0) is 15.6 Å². The molecule has 0 bridgehead atoms. The van der Waals surface area contributed by atoms with E-state index in [0.717, 1.165) is 30.8 Å². The number of nitrogens with zero attached hydrogens (tertiary/aromatic N) is 3. The van der Waals surface area contributed by atoms with Crippen LogP contribution in [-0.4, -0.2) is 42.5 Å². The topological polar surface area (TPSA) is 93.4 Å². The average Bonchev–Trinajstić information content (AvgIpc) is 3.49. The summed E-state index contributed by atoms with van der Waals surface area (Å²) in [6, 6.07) is 10.5. The van der Waals surface area contributed by atoms with Crippen molar-refractivity contribution in [2.24, 2.45) is 0 Å². The van der Waals surface area contributed by atoms with Gasteiger partial charge < -0.3 is 9.42 Å². The molecule has 1 fully saturated rings. The fraction of sp³-hybridized carbons (Fsp3) is 0.350. The van der Waals surface area contributed by atoms with Crippen LogP contribution in [0.25, 0.3) is 10.7 Å². The van der Waals surface area contributed by atoms with Crippen molar-refractivity contribution in [3.8, 4) is 10.7 Å². The monoisotopic (exact) mass is 431 g/mol. The summed E-state index contributed by atoms with van der Waals surface area (Å²) in [6.07, 6.45) is 2.06. The Labute approximate surface area is 173 Å². The van der Waals surface area contributed by atoms with E-state index >= 15 is 0 Å². The molecular formula is C20H21N3O4S2. The summed E-state index contributed by atoms with van der Waals surface area (Å²) in [4.78, 5) is 19.3. The molecule has 1 saturated heterocycles. The minimum atomic E-state index is -3.56. The maximum absolute atomic E-state index is 12.8. The quantitative estimate of drug-likeness (QED) is 0.591. The highest BCUT2D eigenvalue weighted by Gasteiger charge is 2.29. The Hall–Kier alpha value is -2.52. The van der Waals surface area contributed by atoms with Crippen molar-refractivity contribution < 1.29 is 17.7 Å². The molecule has 1 aliphatic rings. The first kappa shape index (κ1) is 19.8. The van der Waals surface area contributed by atoms with E-state index in [1.165, 1.54) is 11.3 Å². The number of thiophene rings is 1. The van der Waals surface area contributed by atoms with Gasteiger partial charge in [0.25, 0.3) is 5.91 Å². The highest BCUT2D eigenvalue weighted by atomic mass is 32.2. The minimum Gasteiger partial charge on any atom is -0.339 e. The Kier molecular flexibility index (Phi) is 5.51. The number of carbonyl (C=O) groups excluding carboxylic acids is 1. The molecule has 1 aromatic carbocycles. The van der Waals surface area contributed by atoms with Crippen molar-refractivity contribution in [3.63, 3.8) is 0 Å². The molecule has 3 aromatic rings. The smallest absolute Gasteiger partial charge is 0.253 e. The van der Waals surface area contributed by atoms with Gasteiger partial charge in [-0.3, -0.25) is 4.79 Å². The normalized spacial score (nSPS) is 15.6. The van der Waals surface area contributed by atoms with Gasteiger partial charge in [-0.25, -0.2) is 8.42 Å². The number of aromatic nitrogens is 2. The third-order valence-corrected chi connectivity index (χ3v) is 7.91. The standard InChI is InChI=1S/C20H21N3O4S2/c1-14(19-21-18(22-27-19)17-5-4-12-28-17)29(25,26)13-15-6-8-16(9-7-15)20(24)23-10-2-3-11-23/h4-9,12,14H,2-3,10-11,13H2,1H3/t14-/m0/s1. The number of likely N-dealkylation sites (tertiary alicyclic amines) is 1. The fourth-order valence-electron chi connectivity index (χ4n) is 3.26. The van der Waals surface area contributed by atoms with E-state index in [-0.39, 0.29) is 17.6 Å². The number of hydrogen-bond acceptors (Lipinski definition) is 7. The minimum absolute atomic E-state index is 0.00255. The maximum atomic E-state index is 12.8. The van der Waals surface area contributed by atoms with Crippen LogP contribution < -0.4 is 0 Å². The summed E-state index contributed by atoms with van der Waals surface area (Å²) in [6.45, 7) is 3.11. The van der Waals surface area contributed by atoms with Gasteiger partial charge in [0.1, 0.15) is 5.25 Å². The van der Waals surface area contributed by atoms with Gasteiger partial charge in [0.2, 0.25) is 11.7 Å². The van der Waals surface area contributed by atoms with Crippen LogP contribution in [0.15, 0.2) is 46.3 Å². The Morgan fingerprint density at radius 3 is 2.59 bits per heavy atom. The zero-order chi connectivity index (χ0) is 20.4. The van der Waals surface area contributed by atoms with Gasteiger partial charge in [0.05, 0.1) is 10.6 Å². The molecule has 7 nitrogen and oxygen atoms in total. The molecule has 0 spiro atoms. The first-order chi connectivity index (χ1) is 13.9. The summed E-state index contributed by atoms with van der Waals surface area (Å²) in [5.41, 5.74) is 1.20. The second-order valence-corrected chi connectivity index (χ2v) is 10.3. The molecule has 29 heavy (non-hydrogen) atoms. The number of rotatable bonds is 6. The molecular weight excluding hydrogens is 410 g/mol. The van der Waals surface area contributed by atoms with Crippen LogP contribution in [0.4, 0.5) is 0 Å². The predicted octanol–water partition coefficient (Wildman–Crippen LogP) is 3.71. The molecule has 1 amide bonds. The largest absolute Gasteiger partial charge is 0.339 e. The van der Waals surface area contributed by atoms with Gasteiger partial charge in [-0.2, -0.15) is 4.98 Å². The van der Waals surface area contributed by atoms with Gasteiger partial charge in [-0.1, -0.05) is 23.4 Å². The summed E-state index contributed by atoms with van der Waals surface area (Å²) < 4.78 is 30.8. The number of sulfone groups is 1. The molecule has 0 unspecified atom stereocenters. The molecule has 3 heterocycles. The second-order valence-electron chi connectivity index (χ2n) is 7.08. The molecule has 0 aliphatic carbocycles. The Morgan fingerprint density at radius 1 is 1.21 bits per heavy atom. The van der Waals surface area contributed by atoms with E-state index in [9.17, 15) is 13.2 Å². The SMILES string of the molecule is C[C@@H](c1nc(-c2cccs2)no1)S(=O)(=O)Cc1ccc(C(=O)N2CCCC2)cc1. The van der Waals surface area contributed by atoms with Crippen LogP contribution in [0.2, 0.25) is 0 Å². The predicted molar refractivity (Wildman–Crippen MR) is 110 cm³/mol. The van der Waals surface area contributed by atoms with Gasteiger partial charge in [-0.05, 0) is 48.9 Å². The molecule has 0 N–H and O–H groups in total. The van der Waals surface area contributed by atoms with Crippen LogP contribution >= 0.6 is 11.3 Å². The lowest BCUT2D eigenvalue weighted by atomic mass is 10.1. The third kappa shape index (κ3) is 4.25. The summed E-state index contributed by atoms with van der Waals surface area (Å²) >= 11 is 1.46. The van der Waals surface area contributed by atoms with E-state index in [1.807, 2.05) is 22.4 Å². The van der Waals surface area contributed by atoms with Crippen LogP contribution in [0, 0.1) is 0 Å². The third-order valence-electron chi connectivity index (χ3n) is 5.03. The van der Waals surface area contributed by atoms with E-state index in [0.29, 0.717) is 17.0 Å². The zero-order valence-corrected chi connectivity index (χ0v) is 17.6. The van der Waals surface area contributed by atoms with Gasteiger partial charge >= 0.3 is 0 Å². The van der Waals surface area contributed by atoms with E-state index < -0.39 is 15.1 Å². The molecule has 2 aromatic heterocycles. The lowest BCUT2D eigenvalue weighted by molar-refractivity contribution is 0.0793. The number of hydrogen-bond donors (Lipinski definition) is 0. The Balaban J connectivity index is 1.46. The van der Waals surface area contributed by atoms with Crippen molar-refractivity contribution in [1.29, 1.82) is 0 Å². The molecule has 9 heteroatoms. The summed E-state index contributed by atoms with van der Waals surface area (Å²) in [5.74, 6) is 0.302. The molecule has 4 rings (SSSR count). The first-order valence-corrected chi connectivity index (χ1v) is 12.0. The number of carbonyl (C=O) groups is 1. The highest BCUT2D eigenvalue weighted by Crippen LogP contribution is 2.28. The summed E-state index contributed by atoms with van der Waals surface area (Å²) in [7, 11) is -3.56. The highest BCUT2D eigenvalue weighted by molar-refractivity contribution is 7.90.